The van der Waals surface area contributed by atoms with E-state index < -0.39 is 64.4 Å². The van der Waals surface area contributed by atoms with Gasteiger partial charge in [0.2, 0.25) is 11.8 Å². The molecule has 40 heavy (non-hydrogen) atoms. The summed E-state index contributed by atoms with van der Waals surface area (Å²) in [6, 6.07) is 8.74. The number of fused-ring (bicyclic) bond motifs is 3. The van der Waals surface area contributed by atoms with Crippen molar-refractivity contribution in [2.24, 2.45) is 29.4 Å². The minimum Gasteiger partial charge on any atom is -0.507 e. The topological polar surface area (TPSA) is 184 Å². The predicted molar refractivity (Wildman–Crippen MR) is 141 cm³/mol. The smallest absolute Gasteiger partial charge is 0.235 e. The van der Waals surface area contributed by atoms with Crippen LogP contribution in [-0.2, 0) is 30.4 Å². The zero-order valence-electron chi connectivity index (χ0n) is 22.1. The molecule has 11 nitrogen and oxygen atoms in total. The predicted octanol–water partition coefficient (Wildman–Crippen LogP) is 0.492. The molecule has 3 aliphatic carbocycles. The van der Waals surface area contributed by atoms with E-state index in [0.29, 0.717) is 22.4 Å². The summed E-state index contributed by atoms with van der Waals surface area (Å²) in [5.41, 5.74) is 4.92. The second kappa shape index (κ2) is 9.46. The maximum atomic E-state index is 13.9. The van der Waals surface area contributed by atoms with Crippen molar-refractivity contribution < 1.29 is 39.0 Å². The zero-order valence-corrected chi connectivity index (χ0v) is 22.1. The van der Waals surface area contributed by atoms with E-state index in [0.717, 1.165) is 0 Å². The molecule has 0 aliphatic heterocycles. The molecule has 3 unspecified atom stereocenters. The molecular weight excluding hydrogens is 518 g/mol. The summed E-state index contributed by atoms with van der Waals surface area (Å²) in [5.74, 6) is -11.1. The van der Waals surface area contributed by atoms with Gasteiger partial charge in [-0.1, -0.05) is 18.2 Å². The fourth-order valence-electron chi connectivity index (χ4n) is 6.81. The number of hydrogen-bond donors (Lipinski definition) is 4. The van der Waals surface area contributed by atoms with E-state index in [4.69, 9.17) is 5.73 Å². The number of nitrogens with zero attached hydrogens (tertiary/aromatic N) is 1. The highest BCUT2D eigenvalue weighted by Gasteiger charge is 2.69. The van der Waals surface area contributed by atoms with Crippen molar-refractivity contribution in [1.82, 2.24) is 4.90 Å². The molecule has 2 aromatic rings. The van der Waals surface area contributed by atoms with Crippen LogP contribution in [0.2, 0.25) is 0 Å². The molecule has 0 radical (unpaired) electrons. The lowest BCUT2D eigenvalue weighted by atomic mass is 9.52. The standard InChI is InChI=1S/C29H29N3O8/c1-12(33)31-15-6-4-13(5-7-15)16-8-9-19(34)21-17(16)10-14-11-18-23(32(2)3)25(36)22(28(30)39)27(38)29(18,40)26(37)20(14)24(21)35/h4-9,14,18,20,22-23,34,40H,10-11H2,1-3H3,(H2,30,39)(H,31,33)/t14-,18-,20?,22?,23-,29?/m0/s1. The van der Waals surface area contributed by atoms with Gasteiger partial charge in [-0.15, -0.1) is 0 Å². The molecule has 6 atom stereocenters. The van der Waals surface area contributed by atoms with E-state index in [9.17, 15) is 39.0 Å². The Kier molecular flexibility index (Phi) is 6.47. The Balaban J connectivity index is 1.61. The molecule has 3 aliphatic rings. The summed E-state index contributed by atoms with van der Waals surface area (Å²) in [6.07, 6.45) is 0.128. The molecule has 0 heterocycles. The number of amides is 2. The lowest BCUT2D eigenvalue weighted by Gasteiger charge is -2.52. The number of aliphatic hydroxyl groups is 1. The Morgan fingerprint density at radius 1 is 1.02 bits per heavy atom. The number of ketones is 4. The van der Waals surface area contributed by atoms with E-state index in [1.165, 1.54) is 32.0 Å². The first-order valence-corrected chi connectivity index (χ1v) is 12.9. The van der Waals surface area contributed by atoms with Gasteiger partial charge in [0.25, 0.3) is 0 Å². The number of anilines is 1. The van der Waals surface area contributed by atoms with Gasteiger partial charge in [0.05, 0.1) is 17.5 Å². The Morgan fingerprint density at radius 2 is 1.68 bits per heavy atom. The number of nitrogens with two attached hydrogens (primary N) is 1. The third-order valence-electron chi connectivity index (χ3n) is 8.46. The number of hydrogen-bond acceptors (Lipinski definition) is 9. The highest BCUT2D eigenvalue weighted by Crippen LogP contribution is 2.51. The average molecular weight is 548 g/mol. The number of phenolic OH excluding ortho intramolecular Hbond substituents is 1. The van der Waals surface area contributed by atoms with Crippen LogP contribution >= 0.6 is 0 Å². The second-order valence-corrected chi connectivity index (χ2v) is 11.0. The number of likely N-dealkylation sites (N-methyl/N-ethyl adjacent to an activating group) is 1. The molecule has 0 saturated heterocycles. The first-order valence-electron chi connectivity index (χ1n) is 12.9. The molecule has 0 aromatic heterocycles. The van der Waals surface area contributed by atoms with Crippen LogP contribution in [0.5, 0.6) is 5.75 Å². The summed E-state index contributed by atoms with van der Waals surface area (Å²) in [6.45, 7) is 1.39. The van der Waals surface area contributed by atoms with E-state index in [2.05, 4.69) is 5.32 Å². The monoisotopic (exact) mass is 547 g/mol. The molecule has 2 saturated carbocycles. The van der Waals surface area contributed by atoms with Crippen LogP contribution in [0, 0.1) is 23.7 Å². The van der Waals surface area contributed by atoms with Crippen LogP contribution in [0.4, 0.5) is 5.69 Å². The highest BCUT2D eigenvalue weighted by atomic mass is 16.3. The molecule has 2 aromatic carbocycles. The van der Waals surface area contributed by atoms with Gasteiger partial charge >= 0.3 is 0 Å². The maximum absolute atomic E-state index is 13.9. The first-order chi connectivity index (χ1) is 18.8. The van der Waals surface area contributed by atoms with E-state index >= 15 is 0 Å². The molecule has 5 N–H and O–H groups in total. The molecule has 11 heteroatoms. The minimum atomic E-state index is -2.76. The normalized spacial score (nSPS) is 29.5. The summed E-state index contributed by atoms with van der Waals surface area (Å²) in [5, 5.41) is 25.0. The van der Waals surface area contributed by atoms with Crippen molar-refractivity contribution >= 4 is 40.6 Å². The van der Waals surface area contributed by atoms with Crippen molar-refractivity contribution in [2.75, 3.05) is 19.4 Å². The molecule has 208 valence electrons. The molecule has 0 spiro atoms. The number of aromatic hydroxyl groups is 1. The average Bonchev–Trinajstić information content (AvgIpc) is 2.86. The first kappa shape index (κ1) is 27.4. The van der Waals surface area contributed by atoms with Crippen LogP contribution in [0.15, 0.2) is 36.4 Å². The van der Waals surface area contributed by atoms with Gasteiger partial charge in [-0.2, -0.15) is 0 Å². The number of carbonyl (C=O) groups excluding carboxylic acids is 6. The van der Waals surface area contributed by atoms with Crippen LogP contribution in [0.1, 0.15) is 29.3 Å². The van der Waals surface area contributed by atoms with Crippen molar-refractivity contribution in [3.8, 4) is 16.9 Å². The summed E-state index contributed by atoms with van der Waals surface area (Å²) in [4.78, 5) is 79.2. The van der Waals surface area contributed by atoms with Crippen LogP contribution in [0.3, 0.4) is 0 Å². The van der Waals surface area contributed by atoms with Gasteiger partial charge < -0.3 is 21.3 Å². The Labute approximate surface area is 229 Å². The number of phenols is 1. The number of Topliss-reactive ketones (excluding diaryl/α,β-unsaturated/α-hetero) is 4. The van der Waals surface area contributed by atoms with Crippen molar-refractivity contribution in [3.05, 3.63) is 47.5 Å². The minimum absolute atomic E-state index is 0.0273. The Bertz CT molecular complexity index is 1500. The van der Waals surface area contributed by atoms with Gasteiger partial charge in [0, 0.05) is 18.5 Å². The fraction of sp³-hybridized carbons (Fsp3) is 0.379. The van der Waals surface area contributed by atoms with Gasteiger partial charge in [0.15, 0.2) is 34.7 Å². The number of benzene rings is 2. The number of carbonyl (C=O) groups is 6. The Morgan fingerprint density at radius 3 is 2.25 bits per heavy atom. The third-order valence-corrected chi connectivity index (χ3v) is 8.46. The molecule has 0 bridgehead atoms. The third kappa shape index (κ3) is 3.88. The SMILES string of the molecule is CC(=O)Nc1ccc(-c2ccc(O)c3c2C[C@H]2C[C@H]4[C@H](N(C)C)C(=O)C(C(N)=O)C(=O)C4(O)C(=O)C2C3=O)cc1. The second-order valence-electron chi connectivity index (χ2n) is 11.0. The largest absolute Gasteiger partial charge is 0.507 e. The summed E-state index contributed by atoms with van der Waals surface area (Å²) >= 11 is 0. The van der Waals surface area contributed by atoms with Crippen LogP contribution in [0.25, 0.3) is 11.1 Å². The number of nitrogens with one attached hydrogen (secondary N) is 1. The van der Waals surface area contributed by atoms with Crippen LogP contribution < -0.4 is 11.1 Å². The van der Waals surface area contributed by atoms with Crippen molar-refractivity contribution in [3.63, 3.8) is 0 Å². The molecule has 5 rings (SSSR count). The van der Waals surface area contributed by atoms with Gasteiger partial charge in [-0.3, -0.25) is 33.7 Å². The van der Waals surface area contributed by atoms with Crippen LogP contribution in [-0.4, -0.2) is 75.8 Å². The summed E-state index contributed by atoms with van der Waals surface area (Å²) in [7, 11) is 3.07. The zero-order chi connectivity index (χ0) is 29.3. The van der Waals surface area contributed by atoms with Gasteiger partial charge in [-0.25, -0.2) is 0 Å². The molecule has 2 amide bonds. The molecule has 2 fully saturated rings. The van der Waals surface area contributed by atoms with E-state index in [1.54, 1.807) is 30.3 Å². The quantitative estimate of drug-likeness (QED) is 0.396. The Hall–Kier alpha value is -4.22. The van der Waals surface area contributed by atoms with E-state index in [1.807, 2.05) is 0 Å². The van der Waals surface area contributed by atoms with E-state index in [-0.39, 0.29) is 30.1 Å². The summed E-state index contributed by atoms with van der Waals surface area (Å²) < 4.78 is 0. The molecular formula is C29H29N3O8. The van der Waals surface area contributed by atoms with Crippen molar-refractivity contribution in [2.45, 2.75) is 31.4 Å². The van der Waals surface area contributed by atoms with Gasteiger partial charge in [0.1, 0.15) is 5.75 Å². The number of primary amides is 1. The lowest BCUT2D eigenvalue weighted by molar-refractivity contribution is -0.181. The van der Waals surface area contributed by atoms with Gasteiger partial charge in [-0.05, 0) is 67.7 Å². The fourth-order valence-corrected chi connectivity index (χ4v) is 6.81. The number of rotatable bonds is 4. The lowest BCUT2D eigenvalue weighted by Crippen LogP contribution is -2.74. The highest BCUT2D eigenvalue weighted by molar-refractivity contribution is 6.32. The van der Waals surface area contributed by atoms with Crippen molar-refractivity contribution in [1.29, 1.82) is 0 Å². The maximum Gasteiger partial charge on any atom is 0.235 e.